The number of aromatic nitrogens is 3. The number of piperidine rings is 1. The molecule has 3 aromatic rings. The van der Waals surface area contributed by atoms with Gasteiger partial charge in [-0.3, -0.25) is 4.90 Å². The molecule has 7 heteroatoms. The third-order valence-corrected chi connectivity index (χ3v) is 7.49. The highest BCUT2D eigenvalue weighted by Crippen LogP contribution is 2.39. The van der Waals surface area contributed by atoms with Crippen molar-refractivity contribution in [1.29, 1.82) is 0 Å². The standard InChI is InChI=1S/C26H30ClFN4O/c27-21-10-6-20(7-11-21)24-14-25(26(33)17-31(24)15-18-4-2-1-3-5-18)32-16-23(29-30-32)19-8-12-22(28)13-9-19/h6-13,16,18,24-26,33H,1-5,14-15,17H2/t24-,25-,26-/m1/s1. The number of rotatable bonds is 5. The Labute approximate surface area is 199 Å². The molecule has 1 aliphatic heterocycles. The lowest BCUT2D eigenvalue weighted by Gasteiger charge is -2.44. The first-order valence-corrected chi connectivity index (χ1v) is 12.3. The van der Waals surface area contributed by atoms with Crippen LogP contribution in [0.1, 0.15) is 56.2 Å². The second kappa shape index (κ2) is 9.92. The highest BCUT2D eigenvalue weighted by molar-refractivity contribution is 6.30. The molecule has 3 atom stereocenters. The van der Waals surface area contributed by atoms with Crippen LogP contribution < -0.4 is 0 Å². The number of hydrogen-bond donors (Lipinski definition) is 1. The highest BCUT2D eigenvalue weighted by atomic mass is 35.5. The minimum atomic E-state index is -0.542. The number of aliphatic hydroxyl groups is 1. The Balaban J connectivity index is 1.39. The van der Waals surface area contributed by atoms with Gasteiger partial charge in [-0.2, -0.15) is 0 Å². The van der Waals surface area contributed by atoms with Crippen LogP contribution in [-0.2, 0) is 0 Å². The quantitative estimate of drug-likeness (QED) is 0.524. The molecule has 2 heterocycles. The van der Waals surface area contributed by atoms with Crippen LogP contribution in [-0.4, -0.2) is 44.2 Å². The monoisotopic (exact) mass is 468 g/mol. The van der Waals surface area contributed by atoms with E-state index in [1.807, 2.05) is 18.3 Å². The Kier molecular flexibility index (Phi) is 6.76. The van der Waals surface area contributed by atoms with Crippen LogP contribution >= 0.6 is 11.6 Å². The van der Waals surface area contributed by atoms with Gasteiger partial charge in [0.05, 0.1) is 18.3 Å². The summed E-state index contributed by atoms with van der Waals surface area (Å²) in [5.41, 5.74) is 2.70. The molecule has 0 spiro atoms. The number of likely N-dealkylation sites (tertiary alicyclic amines) is 1. The van der Waals surface area contributed by atoms with Crippen LogP contribution in [0.3, 0.4) is 0 Å². The van der Waals surface area contributed by atoms with Gasteiger partial charge in [0, 0.05) is 29.7 Å². The molecule has 5 nitrogen and oxygen atoms in total. The van der Waals surface area contributed by atoms with Gasteiger partial charge in [-0.15, -0.1) is 5.10 Å². The van der Waals surface area contributed by atoms with E-state index in [1.54, 1.807) is 16.8 Å². The first-order valence-electron chi connectivity index (χ1n) is 11.9. The molecular weight excluding hydrogens is 439 g/mol. The van der Waals surface area contributed by atoms with Gasteiger partial charge in [0.2, 0.25) is 0 Å². The molecule has 1 saturated carbocycles. The minimum Gasteiger partial charge on any atom is -0.390 e. The number of halogens is 2. The van der Waals surface area contributed by atoms with Crippen LogP contribution in [0.4, 0.5) is 4.39 Å². The fourth-order valence-electron chi connectivity index (χ4n) is 5.44. The van der Waals surface area contributed by atoms with Crippen molar-refractivity contribution in [1.82, 2.24) is 19.9 Å². The summed E-state index contributed by atoms with van der Waals surface area (Å²) in [7, 11) is 0. The third-order valence-electron chi connectivity index (χ3n) is 7.23. The van der Waals surface area contributed by atoms with Crippen LogP contribution in [0.25, 0.3) is 11.3 Å². The minimum absolute atomic E-state index is 0.177. The number of nitrogens with zero attached hydrogens (tertiary/aromatic N) is 4. The SMILES string of the molecule is O[C@@H]1CN(CC2CCCCC2)[C@@H](c2ccc(Cl)cc2)C[C@H]1n1cc(-c2ccc(F)cc2)nn1. The third kappa shape index (κ3) is 5.13. The summed E-state index contributed by atoms with van der Waals surface area (Å²) in [6.07, 6.45) is 8.55. The predicted molar refractivity (Wildman–Crippen MR) is 127 cm³/mol. The highest BCUT2D eigenvalue weighted by Gasteiger charge is 2.38. The summed E-state index contributed by atoms with van der Waals surface area (Å²) in [4.78, 5) is 2.46. The molecule has 1 saturated heterocycles. The smallest absolute Gasteiger partial charge is 0.123 e. The first-order chi connectivity index (χ1) is 16.1. The van der Waals surface area contributed by atoms with Crippen molar-refractivity contribution in [3.05, 3.63) is 71.1 Å². The van der Waals surface area contributed by atoms with Gasteiger partial charge in [-0.25, -0.2) is 9.07 Å². The van der Waals surface area contributed by atoms with Gasteiger partial charge in [0.25, 0.3) is 0 Å². The molecule has 2 aliphatic rings. The molecule has 0 amide bonds. The van der Waals surface area contributed by atoms with E-state index >= 15 is 0 Å². The maximum absolute atomic E-state index is 13.3. The summed E-state index contributed by atoms with van der Waals surface area (Å²) >= 11 is 6.16. The van der Waals surface area contributed by atoms with E-state index < -0.39 is 6.10 Å². The summed E-state index contributed by atoms with van der Waals surface area (Å²) in [6, 6.07) is 14.3. The summed E-state index contributed by atoms with van der Waals surface area (Å²) in [6.45, 7) is 1.61. The predicted octanol–water partition coefficient (Wildman–Crippen LogP) is 5.67. The Morgan fingerprint density at radius 3 is 2.45 bits per heavy atom. The van der Waals surface area contributed by atoms with Gasteiger partial charge in [0.15, 0.2) is 0 Å². The van der Waals surface area contributed by atoms with Crippen LogP contribution in [0.5, 0.6) is 0 Å². The van der Waals surface area contributed by atoms with E-state index in [2.05, 4.69) is 27.3 Å². The topological polar surface area (TPSA) is 54.2 Å². The lowest BCUT2D eigenvalue weighted by molar-refractivity contribution is -0.0181. The Morgan fingerprint density at radius 1 is 1.00 bits per heavy atom. The molecule has 0 unspecified atom stereocenters. The lowest BCUT2D eigenvalue weighted by atomic mass is 9.85. The molecule has 33 heavy (non-hydrogen) atoms. The second-order valence-electron chi connectivity index (χ2n) is 9.49. The van der Waals surface area contributed by atoms with Crippen LogP contribution in [0.15, 0.2) is 54.7 Å². The van der Waals surface area contributed by atoms with Crippen molar-refractivity contribution in [3.8, 4) is 11.3 Å². The normalized spacial score (nSPS) is 24.8. The van der Waals surface area contributed by atoms with E-state index in [0.29, 0.717) is 18.2 Å². The van der Waals surface area contributed by atoms with Gasteiger partial charge in [-0.05, 0) is 67.1 Å². The largest absolute Gasteiger partial charge is 0.390 e. The van der Waals surface area contributed by atoms with Crippen molar-refractivity contribution < 1.29 is 9.50 Å². The summed E-state index contributed by atoms with van der Waals surface area (Å²) in [5.74, 6) is 0.409. The van der Waals surface area contributed by atoms with Gasteiger partial charge in [0.1, 0.15) is 11.5 Å². The van der Waals surface area contributed by atoms with Gasteiger partial charge in [-0.1, -0.05) is 48.2 Å². The van der Waals surface area contributed by atoms with E-state index in [9.17, 15) is 9.50 Å². The first kappa shape index (κ1) is 22.5. The summed E-state index contributed by atoms with van der Waals surface area (Å²) < 4.78 is 15.1. The lowest BCUT2D eigenvalue weighted by Crippen LogP contribution is -2.48. The maximum Gasteiger partial charge on any atom is 0.123 e. The second-order valence-corrected chi connectivity index (χ2v) is 9.92. The zero-order valence-electron chi connectivity index (χ0n) is 18.7. The van der Waals surface area contributed by atoms with E-state index in [1.165, 1.54) is 49.8 Å². The molecule has 2 fully saturated rings. The van der Waals surface area contributed by atoms with E-state index in [4.69, 9.17) is 11.6 Å². The van der Waals surface area contributed by atoms with Crippen LogP contribution in [0.2, 0.25) is 5.02 Å². The average Bonchev–Trinajstić information content (AvgIpc) is 3.31. The van der Waals surface area contributed by atoms with Crippen molar-refractivity contribution in [2.45, 2.75) is 56.7 Å². The number of aliphatic hydroxyl groups excluding tert-OH is 1. The molecule has 0 bridgehead atoms. The molecule has 2 aromatic carbocycles. The molecule has 5 rings (SSSR count). The van der Waals surface area contributed by atoms with Gasteiger partial charge < -0.3 is 5.11 Å². The van der Waals surface area contributed by atoms with Crippen molar-refractivity contribution >= 4 is 11.6 Å². The Morgan fingerprint density at radius 2 is 1.73 bits per heavy atom. The number of β-amino-alcohol motifs (C(OH)–C–C–N with tert-alkyl or cyclic N) is 1. The molecule has 1 aliphatic carbocycles. The van der Waals surface area contributed by atoms with Crippen molar-refractivity contribution in [2.75, 3.05) is 13.1 Å². The zero-order valence-corrected chi connectivity index (χ0v) is 19.4. The van der Waals surface area contributed by atoms with Crippen molar-refractivity contribution in [2.24, 2.45) is 5.92 Å². The average molecular weight is 469 g/mol. The number of hydrogen-bond acceptors (Lipinski definition) is 4. The number of benzene rings is 2. The van der Waals surface area contributed by atoms with Gasteiger partial charge >= 0.3 is 0 Å². The Hall–Kier alpha value is -2.28. The van der Waals surface area contributed by atoms with E-state index in [0.717, 1.165) is 23.6 Å². The summed E-state index contributed by atoms with van der Waals surface area (Å²) in [5, 5.41) is 20.5. The van der Waals surface area contributed by atoms with Crippen molar-refractivity contribution in [3.63, 3.8) is 0 Å². The molecular formula is C26H30ClFN4O. The van der Waals surface area contributed by atoms with Crippen LogP contribution in [0, 0.1) is 11.7 Å². The fourth-order valence-corrected chi connectivity index (χ4v) is 5.56. The molecule has 174 valence electrons. The molecule has 1 N–H and O–H groups in total. The Bertz CT molecular complexity index is 1050. The zero-order chi connectivity index (χ0) is 22.8. The maximum atomic E-state index is 13.3. The fraction of sp³-hybridized carbons (Fsp3) is 0.462. The molecule has 1 aromatic heterocycles. The van der Waals surface area contributed by atoms with E-state index in [-0.39, 0.29) is 17.9 Å². The molecule has 0 radical (unpaired) electrons.